The Kier molecular flexibility index (Phi) is 8.25. The van der Waals surface area contributed by atoms with Crippen molar-refractivity contribution in [2.75, 3.05) is 21.0 Å². The smallest absolute Gasteiger partial charge is 0.305 e. The van der Waals surface area contributed by atoms with Gasteiger partial charge in [0.05, 0.1) is 7.11 Å². The predicted molar refractivity (Wildman–Crippen MR) is 80.1 cm³/mol. The molecule has 23 heavy (non-hydrogen) atoms. The van der Waals surface area contributed by atoms with Crippen molar-refractivity contribution >= 4 is 11.8 Å². The molecule has 0 saturated carbocycles. The van der Waals surface area contributed by atoms with Crippen molar-refractivity contribution in [1.29, 1.82) is 0 Å². The lowest BCUT2D eigenvalue weighted by Crippen LogP contribution is -2.22. The van der Waals surface area contributed by atoms with Crippen LogP contribution in [-0.2, 0) is 23.8 Å². The standard InChI is InChI=1S/C15H23NO7/c1-21-10-23-14-8-7-13(17)12(14)9-11(16(19)20)5-3-4-6-15(18)22-2/h11H,3-10H2,1-2H3. The number of ketones is 1. The Balaban J connectivity index is 2.58. The summed E-state index contributed by atoms with van der Waals surface area (Å²) in [6.45, 7) is 0.0222. The summed E-state index contributed by atoms with van der Waals surface area (Å²) in [6.07, 6.45) is 2.44. The molecule has 1 atom stereocenters. The Morgan fingerprint density at radius 3 is 2.65 bits per heavy atom. The zero-order chi connectivity index (χ0) is 17.2. The van der Waals surface area contributed by atoms with E-state index in [1.165, 1.54) is 14.2 Å². The van der Waals surface area contributed by atoms with Gasteiger partial charge in [-0.2, -0.15) is 0 Å². The first kappa shape index (κ1) is 19.1. The Hall–Kier alpha value is -1.96. The average Bonchev–Trinajstić information content (AvgIpc) is 2.87. The number of hydrogen-bond acceptors (Lipinski definition) is 7. The lowest BCUT2D eigenvalue weighted by atomic mass is 9.99. The molecule has 8 nitrogen and oxygen atoms in total. The van der Waals surface area contributed by atoms with E-state index >= 15 is 0 Å². The Morgan fingerprint density at radius 2 is 2.04 bits per heavy atom. The second kappa shape index (κ2) is 9.94. The van der Waals surface area contributed by atoms with Crippen molar-refractivity contribution in [3.63, 3.8) is 0 Å². The van der Waals surface area contributed by atoms with Crippen LogP contribution in [0.2, 0.25) is 0 Å². The number of Topliss-reactive ketones (excluding diaryl/α,β-unsaturated/α-hetero) is 1. The van der Waals surface area contributed by atoms with Gasteiger partial charge in [-0.3, -0.25) is 19.7 Å². The highest BCUT2D eigenvalue weighted by Crippen LogP contribution is 2.29. The molecule has 130 valence electrons. The molecular formula is C15H23NO7. The molecule has 0 aromatic heterocycles. The van der Waals surface area contributed by atoms with E-state index in [1.807, 2.05) is 0 Å². The third-order valence-electron chi connectivity index (χ3n) is 3.74. The molecule has 0 aliphatic heterocycles. The summed E-state index contributed by atoms with van der Waals surface area (Å²) in [5.74, 6) is 0.0716. The van der Waals surface area contributed by atoms with Crippen LogP contribution >= 0.6 is 0 Å². The van der Waals surface area contributed by atoms with Crippen LogP contribution in [0.5, 0.6) is 0 Å². The number of nitro groups is 1. The van der Waals surface area contributed by atoms with Gasteiger partial charge in [-0.05, 0) is 12.8 Å². The van der Waals surface area contributed by atoms with Crippen LogP contribution in [0.3, 0.4) is 0 Å². The van der Waals surface area contributed by atoms with Gasteiger partial charge in [-0.15, -0.1) is 0 Å². The Bertz CT molecular complexity index is 472. The molecule has 0 aromatic rings. The van der Waals surface area contributed by atoms with E-state index in [0.29, 0.717) is 43.4 Å². The van der Waals surface area contributed by atoms with E-state index in [1.54, 1.807) is 0 Å². The van der Waals surface area contributed by atoms with Gasteiger partial charge in [0.2, 0.25) is 6.04 Å². The number of methoxy groups -OCH3 is 2. The quantitative estimate of drug-likeness (QED) is 0.188. The minimum atomic E-state index is -0.856. The van der Waals surface area contributed by atoms with Gasteiger partial charge in [0, 0.05) is 49.7 Å². The fraction of sp³-hybridized carbons (Fsp3) is 0.733. The van der Waals surface area contributed by atoms with Gasteiger partial charge >= 0.3 is 5.97 Å². The van der Waals surface area contributed by atoms with E-state index in [9.17, 15) is 19.7 Å². The van der Waals surface area contributed by atoms with E-state index in [4.69, 9.17) is 9.47 Å². The number of ether oxygens (including phenoxy) is 3. The number of nitrogens with zero attached hydrogens (tertiary/aromatic N) is 1. The highest BCUT2D eigenvalue weighted by molar-refractivity contribution is 5.98. The number of esters is 1. The first-order valence-corrected chi connectivity index (χ1v) is 7.56. The molecule has 8 heteroatoms. The third kappa shape index (κ3) is 6.35. The zero-order valence-electron chi connectivity index (χ0n) is 13.5. The number of carbonyl (C=O) groups excluding carboxylic acids is 2. The summed E-state index contributed by atoms with van der Waals surface area (Å²) in [5.41, 5.74) is 0.400. The van der Waals surface area contributed by atoms with Gasteiger partial charge in [-0.25, -0.2) is 0 Å². The summed E-state index contributed by atoms with van der Waals surface area (Å²) in [7, 11) is 2.78. The molecule has 1 aliphatic rings. The summed E-state index contributed by atoms with van der Waals surface area (Å²) in [4.78, 5) is 33.8. The highest BCUT2D eigenvalue weighted by Gasteiger charge is 2.31. The number of allylic oxidation sites excluding steroid dienone is 1. The van der Waals surface area contributed by atoms with Crippen LogP contribution in [0.4, 0.5) is 0 Å². The Morgan fingerprint density at radius 1 is 1.30 bits per heavy atom. The molecular weight excluding hydrogens is 306 g/mol. The van der Waals surface area contributed by atoms with Crippen LogP contribution < -0.4 is 0 Å². The second-order valence-corrected chi connectivity index (χ2v) is 5.34. The molecule has 0 spiro atoms. The fourth-order valence-corrected chi connectivity index (χ4v) is 2.47. The SMILES string of the molecule is COCOC1=C(CC(CCCCC(=O)OC)[N+](=O)[O-])C(=O)CC1. The summed E-state index contributed by atoms with van der Waals surface area (Å²) >= 11 is 0. The molecule has 0 aromatic carbocycles. The maximum absolute atomic E-state index is 11.9. The van der Waals surface area contributed by atoms with Gasteiger partial charge in [0.15, 0.2) is 12.6 Å². The molecule has 0 heterocycles. The maximum Gasteiger partial charge on any atom is 0.305 e. The van der Waals surface area contributed by atoms with Crippen molar-refractivity contribution < 1.29 is 28.7 Å². The van der Waals surface area contributed by atoms with Crippen LogP contribution in [-0.4, -0.2) is 43.7 Å². The predicted octanol–water partition coefficient (Wildman–Crippen LogP) is 1.99. The topological polar surface area (TPSA) is 105 Å². The van der Waals surface area contributed by atoms with Gasteiger partial charge in [0.1, 0.15) is 5.76 Å². The van der Waals surface area contributed by atoms with Crippen molar-refractivity contribution in [2.24, 2.45) is 0 Å². The molecule has 0 saturated heterocycles. The molecule has 0 N–H and O–H groups in total. The van der Waals surface area contributed by atoms with E-state index < -0.39 is 6.04 Å². The van der Waals surface area contributed by atoms with Crippen molar-refractivity contribution in [3.8, 4) is 0 Å². The lowest BCUT2D eigenvalue weighted by molar-refractivity contribution is -0.523. The maximum atomic E-state index is 11.9. The largest absolute Gasteiger partial charge is 0.471 e. The van der Waals surface area contributed by atoms with E-state index in [0.717, 1.165) is 0 Å². The molecule has 0 fully saturated rings. The first-order chi connectivity index (χ1) is 11.0. The van der Waals surface area contributed by atoms with Gasteiger partial charge in [0.25, 0.3) is 0 Å². The lowest BCUT2D eigenvalue weighted by Gasteiger charge is -2.12. The Labute approximate surface area is 134 Å². The van der Waals surface area contributed by atoms with Gasteiger partial charge in [-0.1, -0.05) is 0 Å². The van der Waals surface area contributed by atoms with E-state index in [-0.39, 0.29) is 36.3 Å². The summed E-state index contributed by atoms with van der Waals surface area (Å²) in [6, 6.07) is -0.856. The fourth-order valence-electron chi connectivity index (χ4n) is 2.47. The summed E-state index contributed by atoms with van der Waals surface area (Å²) < 4.78 is 14.7. The van der Waals surface area contributed by atoms with Crippen molar-refractivity contribution in [3.05, 3.63) is 21.4 Å². The minimum absolute atomic E-state index is 0.0222. The number of hydrogen-bond donors (Lipinski definition) is 0. The number of carbonyl (C=O) groups is 2. The zero-order valence-corrected chi connectivity index (χ0v) is 13.5. The van der Waals surface area contributed by atoms with Crippen molar-refractivity contribution in [2.45, 2.75) is 51.0 Å². The van der Waals surface area contributed by atoms with E-state index in [2.05, 4.69) is 4.74 Å². The molecule has 0 amide bonds. The van der Waals surface area contributed by atoms with Crippen LogP contribution in [0, 0.1) is 10.1 Å². The molecule has 0 radical (unpaired) electrons. The first-order valence-electron chi connectivity index (χ1n) is 7.56. The molecule has 1 aliphatic carbocycles. The number of unbranched alkanes of at least 4 members (excludes halogenated alkanes) is 1. The van der Waals surface area contributed by atoms with Gasteiger partial charge < -0.3 is 14.2 Å². The second-order valence-electron chi connectivity index (χ2n) is 5.34. The van der Waals surface area contributed by atoms with Crippen LogP contribution in [0.15, 0.2) is 11.3 Å². The van der Waals surface area contributed by atoms with Crippen LogP contribution in [0.1, 0.15) is 44.9 Å². The van der Waals surface area contributed by atoms with Crippen molar-refractivity contribution in [1.82, 2.24) is 0 Å². The molecule has 1 rings (SSSR count). The average molecular weight is 329 g/mol. The van der Waals surface area contributed by atoms with Crippen LogP contribution in [0.25, 0.3) is 0 Å². The normalized spacial score (nSPS) is 15.7. The summed E-state index contributed by atoms with van der Waals surface area (Å²) in [5, 5.41) is 11.2. The minimum Gasteiger partial charge on any atom is -0.471 e. The monoisotopic (exact) mass is 329 g/mol. The number of rotatable bonds is 11. The molecule has 0 bridgehead atoms. The molecule has 1 unspecified atom stereocenters. The third-order valence-corrected chi connectivity index (χ3v) is 3.74. The highest BCUT2D eigenvalue weighted by atomic mass is 16.7.